The summed E-state index contributed by atoms with van der Waals surface area (Å²) in [5, 5.41) is 8.89. The van der Waals surface area contributed by atoms with E-state index in [1.165, 1.54) is 59.3 Å². The molecule has 0 amide bonds. The van der Waals surface area contributed by atoms with E-state index in [4.69, 9.17) is 23.2 Å². The Hall–Kier alpha value is -5.57. The number of ketones is 1. The zero-order valence-electron chi connectivity index (χ0n) is 57.2. The normalized spacial score (nSPS) is 18.0. The Balaban J connectivity index is 0.000000321. The first-order valence-electron chi connectivity index (χ1n) is 33.2. The van der Waals surface area contributed by atoms with Gasteiger partial charge < -0.3 is 23.2 Å². The first kappa shape index (κ1) is 73.2. The number of nitrogens with zero attached hydrogens (tertiary/aromatic N) is 1. The largest absolute Gasteiger partial charge is 0.460 e. The van der Waals surface area contributed by atoms with Crippen molar-refractivity contribution in [1.29, 1.82) is 0 Å². The maximum atomic E-state index is 13.5. The standard InChI is InChI=1S/C39H57NO4Si.C38H54O4Si/c1-10-30(11-2)26-32-27-31(28-32)22-23-36(40-42-9)33(29-37(41)44-38(3,4)5)24-25-43-45(39(6,7)8,34-18-14-12-15-19-34)35-20-16-13-17-21-35;1-9-29(10-2)25-31-26-30(27-31)21-22-35(39)32(28-36(40)42-37(3,4)5)23-24-41-43(38(6,7)8,33-17-13-11-14-18-33)34-19-15-12-16-20-34/h12-21,30-33H,10-11,24-29H2,1-9H3;11-20,29-32H,9-10,23-28H2,1-8H3/b40-36+;. The summed E-state index contributed by atoms with van der Waals surface area (Å²) in [5.41, 5.74) is -0.595. The Labute approximate surface area is 535 Å². The summed E-state index contributed by atoms with van der Waals surface area (Å²) in [6.45, 7) is 34.7. The number of carbonyl (C=O) groups is 3. The number of rotatable bonds is 27. The first-order valence-corrected chi connectivity index (χ1v) is 37.0. The zero-order valence-corrected chi connectivity index (χ0v) is 59.2. The van der Waals surface area contributed by atoms with Crippen LogP contribution < -0.4 is 20.7 Å². The van der Waals surface area contributed by atoms with E-state index in [-0.39, 0.29) is 52.5 Å². The van der Waals surface area contributed by atoms with Crippen molar-refractivity contribution in [1.82, 2.24) is 0 Å². The minimum Gasteiger partial charge on any atom is -0.460 e. The van der Waals surface area contributed by atoms with Gasteiger partial charge in [-0.25, -0.2) is 0 Å². The molecule has 2 saturated carbocycles. The van der Waals surface area contributed by atoms with Gasteiger partial charge in [0.25, 0.3) is 16.6 Å². The van der Waals surface area contributed by atoms with Crippen molar-refractivity contribution < 1.29 is 37.5 Å². The van der Waals surface area contributed by atoms with Crippen molar-refractivity contribution in [2.45, 2.75) is 222 Å². The number of esters is 2. The van der Waals surface area contributed by atoms with Gasteiger partial charge in [0, 0.05) is 36.9 Å². The lowest BCUT2D eigenvalue weighted by Crippen LogP contribution is -2.66. The lowest BCUT2D eigenvalue weighted by molar-refractivity contribution is -0.157. The van der Waals surface area contributed by atoms with E-state index >= 15 is 0 Å². The third kappa shape index (κ3) is 21.6. The molecule has 0 radical (unpaired) electrons. The predicted octanol–water partition coefficient (Wildman–Crippen LogP) is 15.9. The molecule has 0 heterocycles. The van der Waals surface area contributed by atoms with Gasteiger partial charge in [-0.2, -0.15) is 0 Å². The monoisotopic (exact) mass is 1230 g/mol. The molecule has 4 aromatic carbocycles. The fraction of sp³-hybridized carbons (Fsp3) is 0.584. The Bertz CT molecular complexity index is 2820. The highest BCUT2D eigenvalue weighted by molar-refractivity contribution is 7.00. The maximum Gasteiger partial charge on any atom is 0.307 e. The first-order chi connectivity index (χ1) is 41.6. The molecule has 2 atom stereocenters. The summed E-state index contributed by atoms with van der Waals surface area (Å²) in [7, 11) is -3.94. The molecule has 2 aliphatic carbocycles. The number of oxime groups is 1. The van der Waals surface area contributed by atoms with Gasteiger partial charge in [-0.15, -0.1) is 0 Å². The van der Waals surface area contributed by atoms with Gasteiger partial charge >= 0.3 is 11.9 Å². The summed E-state index contributed by atoms with van der Waals surface area (Å²) in [4.78, 5) is 44.8. The summed E-state index contributed by atoms with van der Waals surface area (Å²) >= 11 is 0. The molecular formula is C77H111NO8Si2. The number of ether oxygens (including phenoxy) is 2. The summed E-state index contributed by atoms with van der Waals surface area (Å²) in [6.07, 6.45) is 13.1. The van der Waals surface area contributed by atoms with Gasteiger partial charge in [-0.3, -0.25) is 14.4 Å². The number of carbonyl (C=O) groups excluding carboxylic acids is 3. The number of hydrogen-bond acceptors (Lipinski definition) is 9. The molecule has 0 spiro atoms. The molecule has 88 heavy (non-hydrogen) atoms. The lowest BCUT2D eigenvalue weighted by atomic mass is 9.70. The highest BCUT2D eigenvalue weighted by Crippen LogP contribution is 2.42. The SMILES string of the molecule is CCC(CC)CC1CC(C#C/C(=N\OC)C(CCO[Si](c2ccccc2)(c2ccccc2)C(C)(C)C)CC(=O)OC(C)(C)C)C1.CCC(CC)CC1CC(C#CC(=O)C(CCO[Si](c2ccccc2)(c2ccccc2)C(C)(C)C)CC(=O)OC(C)(C)C)C1. The van der Waals surface area contributed by atoms with Crippen molar-refractivity contribution >= 4 is 60.8 Å². The van der Waals surface area contributed by atoms with Crippen LogP contribution in [0.4, 0.5) is 0 Å². The van der Waals surface area contributed by atoms with E-state index in [2.05, 4.69) is 207 Å². The highest BCUT2D eigenvalue weighted by atomic mass is 28.4. The van der Waals surface area contributed by atoms with Crippen LogP contribution >= 0.6 is 0 Å². The fourth-order valence-electron chi connectivity index (χ4n) is 13.1. The van der Waals surface area contributed by atoms with E-state index in [0.29, 0.717) is 37.7 Å². The molecule has 0 bridgehead atoms. The molecular weight excluding hydrogens is 1120 g/mol. The quantitative estimate of drug-likeness (QED) is 0.0145. The second kappa shape index (κ2) is 34.0. The summed E-state index contributed by atoms with van der Waals surface area (Å²) in [5.74, 6) is 15.1. The van der Waals surface area contributed by atoms with E-state index in [1.54, 1.807) is 7.11 Å². The van der Waals surface area contributed by atoms with Crippen LogP contribution in [0.2, 0.25) is 10.1 Å². The second-order valence-electron chi connectivity index (χ2n) is 29.0. The molecule has 2 aliphatic rings. The Kier molecular flexibility index (Phi) is 28.3. The Morgan fingerprint density at radius 2 is 0.807 bits per heavy atom. The Morgan fingerprint density at radius 3 is 1.11 bits per heavy atom. The minimum atomic E-state index is -2.75. The molecule has 2 fully saturated rings. The Morgan fingerprint density at radius 1 is 0.489 bits per heavy atom. The summed E-state index contributed by atoms with van der Waals surface area (Å²) < 4.78 is 25.6. The van der Waals surface area contributed by atoms with Crippen molar-refractivity contribution in [2.24, 2.45) is 52.5 Å². The average molecular weight is 1230 g/mol. The number of benzene rings is 4. The van der Waals surface area contributed by atoms with E-state index in [9.17, 15) is 14.4 Å². The van der Waals surface area contributed by atoms with Crippen LogP contribution in [0.5, 0.6) is 0 Å². The van der Waals surface area contributed by atoms with Crippen LogP contribution in [0.3, 0.4) is 0 Å². The number of Topliss-reactive ketones (excluding diaryl/α,β-unsaturated/α-hetero) is 1. The van der Waals surface area contributed by atoms with Gasteiger partial charge in [-0.05, 0) is 159 Å². The van der Waals surface area contributed by atoms with E-state index < -0.39 is 33.8 Å². The van der Waals surface area contributed by atoms with Crippen LogP contribution in [0.15, 0.2) is 126 Å². The van der Waals surface area contributed by atoms with E-state index in [0.717, 1.165) is 49.4 Å². The van der Waals surface area contributed by atoms with Gasteiger partial charge in [-0.1, -0.05) is 233 Å². The van der Waals surface area contributed by atoms with Gasteiger partial charge in [0.1, 0.15) is 24.0 Å². The topological polar surface area (TPSA) is 110 Å². The van der Waals surface area contributed by atoms with Gasteiger partial charge in [0.05, 0.1) is 12.8 Å². The van der Waals surface area contributed by atoms with Crippen molar-refractivity contribution in [3.63, 3.8) is 0 Å². The van der Waals surface area contributed by atoms with E-state index in [1.807, 2.05) is 53.7 Å². The van der Waals surface area contributed by atoms with Crippen LogP contribution in [0, 0.1) is 71.0 Å². The molecule has 4 aromatic rings. The maximum absolute atomic E-state index is 13.5. The number of hydrogen-bond donors (Lipinski definition) is 0. The molecule has 11 heteroatoms. The average Bonchev–Trinajstić information content (AvgIpc) is 1.83. The minimum absolute atomic E-state index is 0.0108. The molecule has 0 saturated heterocycles. The molecule has 2 unspecified atom stereocenters. The van der Waals surface area contributed by atoms with Gasteiger partial charge in [0.15, 0.2) is 0 Å². The van der Waals surface area contributed by atoms with Crippen molar-refractivity contribution in [3.05, 3.63) is 121 Å². The molecule has 0 aromatic heterocycles. The molecule has 0 aliphatic heterocycles. The smallest absolute Gasteiger partial charge is 0.307 e. The summed E-state index contributed by atoms with van der Waals surface area (Å²) in [6, 6.07) is 42.2. The zero-order chi connectivity index (χ0) is 64.8. The van der Waals surface area contributed by atoms with Crippen LogP contribution in [-0.2, 0) is 37.5 Å². The third-order valence-electron chi connectivity index (χ3n) is 17.9. The fourth-order valence-corrected chi connectivity index (χ4v) is 22.2. The molecule has 480 valence electrons. The van der Waals surface area contributed by atoms with Crippen LogP contribution in [-0.4, -0.2) is 71.6 Å². The lowest BCUT2D eigenvalue weighted by Gasteiger charge is -2.43. The third-order valence-corrected chi connectivity index (χ3v) is 28.0. The highest BCUT2D eigenvalue weighted by Gasteiger charge is 2.51. The van der Waals surface area contributed by atoms with Gasteiger partial charge in [0.2, 0.25) is 5.78 Å². The molecule has 0 N–H and O–H groups in total. The predicted molar refractivity (Wildman–Crippen MR) is 369 cm³/mol. The van der Waals surface area contributed by atoms with Crippen molar-refractivity contribution in [2.75, 3.05) is 20.3 Å². The van der Waals surface area contributed by atoms with Crippen LogP contribution in [0.1, 0.15) is 201 Å². The second-order valence-corrected chi connectivity index (χ2v) is 37.7. The molecule has 6 rings (SSSR count). The van der Waals surface area contributed by atoms with Crippen molar-refractivity contribution in [3.8, 4) is 23.7 Å². The van der Waals surface area contributed by atoms with Crippen LogP contribution in [0.25, 0.3) is 0 Å². The molecule has 9 nitrogen and oxygen atoms in total.